The second kappa shape index (κ2) is 9.93. The third-order valence-corrected chi connectivity index (χ3v) is 6.44. The summed E-state index contributed by atoms with van der Waals surface area (Å²) in [5.74, 6) is 1.95. The average molecular weight is 365 g/mol. The van der Waals surface area contributed by atoms with Crippen LogP contribution in [0.2, 0.25) is 0 Å². The fraction of sp³-hybridized carbons (Fsp3) is 0.952. The molecule has 3 fully saturated rings. The molecule has 5 heteroatoms. The van der Waals surface area contributed by atoms with E-state index in [1.54, 1.807) is 0 Å². The van der Waals surface area contributed by atoms with Crippen LogP contribution in [0.15, 0.2) is 4.99 Å². The fourth-order valence-corrected chi connectivity index (χ4v) is 4.38. The molecule has 0 atom stereocenters. The van der Waals surface area contributed by atoms with Gasteiger partial charge in [-0.1, -0.05) is 12.8 Å². The zero-order chi connectivity index (χ0) is 18.2. The van der Waals surface area contributed by atoms with E-state index >= 15 is 0 Å². The van der Waals surface area contributed by atoms with E-state index in [4.69, 9.17) is 4.74 Å². The van der Waals surface area contributed by atoms with Gasteiger partial charge in [-0.05, 0) is 63.2 Å². The van der Waals surface area contributed by atoms with Crippen LogP contribution in [0.1, 0.15) is 64.7 Å². The smallest absolute Gasteiger partial charge is 0.191 e. The standard InChI is InChI=1S/C21H40N4O/c1-3-26-15-12-21(10-4-5-11-21)17-24-20(22-2)23-13-14-25(19-8-9-19)16-18-6-7-18/h18-19H,3-17H2,1-2H3,(H2,22,23,24). The third kappa shape index (κ3) is 6.41. The van der Waals surface area contributed by atoms with Gasteiger partial charge in [-0.15, -0.1) is 0 Å². The van der Waals surface area contributed by atoms with Crippen LogP contribution in [0, 0.1) is 11.3 Å². The molecular formula is C21H40N4O. The number of ether oxygens (including phenoxy) is 1. The maximum atomic E-state index is 5.63. The molecule has 0 bridgehead atoms. The van der Waals surface area contributed by atoms with Gasteiger partial charge < -0.3 is 15.4 Å². The molecule has 26 heavy (non-hydrogen) atoms. The average Bonchev–Trinajstić information content (AvgIpc) is 3.57. The first kappa shape index (κ1) is 19.9. The van der Waals surface area contributed by atoms with E-state index in [-0.39, 0.29) is 0 Å². The Morgan fingerprint density at radius 3 is 2.54 bits per heavy atom. The van der Waals surface area contributed by atoms with Gasteiger partial charge in [0.05, 0.1) is 0 Å². The second-order valence-electron chi connectivity index (χ2n) is 8.68. The Hall–Kier alpha value is -0.810. The number of aliphatic imine (C=N–C) groups is 1. The van der Waals surface area contributed by atoms with Crippen molar-refractivity contribution in [3.05, 3.63) is 0 Å². The lowest BCUT2D eigenvalue weighted by atomic mass is 9.83. The Bertz CT molecular complexity index is 439. The summed E-state index contributed by atoms with van der Waals surface area (Å²) in [5, 5.41) is 7.17. The lowest BCUT2D eigenvalue weighted by Crippen LogP contribution is -2.46. The molecular weight excluding hydrogens is 324 g/mol. The summed E-state index contributed by atoms with van der Waals surface area (Å²) in [7, 11) is 1.89. The van der Waals surface area contributed by atoms with Crippen molar-refractivity contribution in [3.8, 4) is 0 Å². The molecule has 0 radical (unpaired) electrons. The van der Waals surface area contributed by atoms with E-state index in [1.165, 1.54) is 64.3 Å². The molecule has 0 aromatic carbocycles. The molecule has 0 unspecified atom stereocenters. The molecule has 0 amide bonds. The normalized spacial score (nSPS) is 22.8. The Kier molecular flexibility index (Phi) is 7.62. The molecule has 0 heterocycles. The SMILES string of the molecule is CCOCCC1(CNC(=NC)NCCN(CC2CC2)C2CC2)CCCC1. The van der Waals surface area contributed by atoms with E-state index in [2.05, 4.69) is 27.4 Å². The van der Waals surface area contributed by atoms with Crippen molar-refractivity contribution in [2.45, 2.75) is 70.8 Å². The number of rotatable bonds is 12. The van der Waals surface area contributed by atoms with Gasteiger partial charge >= 0.3 is 0 Å². The highest BCUT2D eigenvalue weighted by molar-refractivity contribution is 5.79. The fourth-order valence-electron chi connectivity index (χ4n) is 4.38. The van der Waals surface area contributed by atoms with E-state index < -0.39 is 0 Å². The van der Waals surface area contributed by atoms with Crippen LogP contribution in [-0.4, -0.2) is 63.3 Å². The molecule has 2 N–H and O–H groups in total. The Balaban J connectivity index is 1.37. The van der Waals surface area contributed by atoms with E-state index in [0.717, 1.165) is 50.8 Å². The van der Waals surface area contributed by atoms with Crippen LogP contribution in [0.4, 0.5) is 0 Å². The lowest BCUT2D eigenvalue weighted by Gasteiger charge is -2.30. The van der Waals surface area contributed by atoms with Crippen LogP contribution < -0.4 is 10.6 Å². The summed E-state index contributed by atoms with van der Waals surface area (Å²) in [6.07, 6.45) is 12.2. The van der Waals surface area contributed by atoms with E-state index in [9.17, 15) is 0 Å². The van der Waals surface area contributed by atoms with Gasteiger partial charge in [-0.25, -0.2) is 0 Å². The maximum Gasteiger partial charge on any atom is 0.191 e. The molecule has 0 aliphatic heterocycles. The summed E-state index contributed by atoms with van der Waals surface area (Å²) < 4.78 is 5.63. The summed E-state index contributed by atoms with van der Waals surface area (Å²) in [6, 6.07) is 0.868. The number of guanidine groups is 1. The largest absolute Gasteiger partial charge is 0.382 e. The van der Waals surface area contributed by atoms with Crippen molar-refractivity contribution in [1.82, 2.24) is 15.5 Å². The molecule has 5 nitrogen and oxygen atoms in total. The monoisotopic (exact) mass is 364 g/mol. The highest BCUT2D eigenvalue weighted by atomic mass is 16.5. The van der Waals surface area contributed by atoms with Gasteiger partial charge in [-0.2, -0.15) is 0 Å². The number of hydrogen-bond acceptors (Lipinski definition) is 3. The molecule has 3 aliphatic rings. The molecule has 0 spiro atoms. The Morgan fingerprint density at radius 2 is 1.92 bits per heavy atom. The quantitative estimate of drug-likeness (QED) is 0.317. The van der Waals surface area contributed by atoms with E-state index in [1.807, 2.05) is 7.05 Å². The zero-order valence-corrected chi connectivity index (χ0v) is 17.1. The number of nitrogens with zero attached hydrogens (tertiary/aromatic N) is 2. The van der Waals surface area contributed by atoms with Gasteiger partial charge in [0.25, 0.3) is 0 Å². The maximum absolute atomic E-state index is 5.63. The Labute approximate surface area is 160 Å². The van der Waals surface area contributed by atoms with Crippen molar-refractivity contribution in [2.75, 3.05) is 46.4 Å². The first-order chi connectivity index (χ1) is 12.7. The topological polar surface area (TPSA) is 48.9 Å². The molecule has 3 rings (SSSR count). The summed E-state index contributed by atoms with van der Waals surface area (Å²) >= 11 is 0. The van der Waals surface area contributed by atoms with Crippen LogP contribution in [0.3, 0.4) is 0 Å². The summed E-state index contributed by atoms with van der Waals surface area (Å²) in [6.45, 7) is 8.28. The molecule has 150 valence electrons. The predicted octanol–water partition coefficient (Wildman–Crippen LogP) is 3.01. The van der Waals surface area contributed by atoms with Crippen molar-refractivity contribution >= 4 is 5.96 Å². The first-order valence-corrected chi connectivity index (χ1v) is 11.0. The highest BCUT2D eigenvalue weighted by Gasteiger charge is 2.34. The minimum atomic E-state index is 0.402. The van der Waals surface area contributed by atoms with Gasteiger partial charge in [-0.3, -0.25) is 9.89 Å². The lowest BCUT2D eigenvalue weighted by molar-refractivity contribution is 0.105. The van der Waals surface area contributed by atoms with Gasteiger partial charge in [0.1, 0.15) is 0 Å². The highest BCUT2D eigenvalue weighted by Crippen LogP contribution is 2.40. The molecule has 0 aromatic rings. The summed E-state index contributed by atoms with van der Waals surface area (Å²) in [5.41, 5.74) is 0.402. The molecule has 3 saturated carbocycles. The molecule has 3 aliphatic carbocycles. The number of hydrogen-bond donors (Lipinski definition) is 2. The van der Waals surface area contributed by atoms with Crippen LogP contribution in [-0.2, 0) is 4.74 Å². The third-order valence-electron chi connectivity index (χ3n) is 6.44. The van der Waals surface area contributed by atoms with E-state index in [0.29, 0.717) is 5.41 Å². The van der Waals surface area contributed by atoms with Crippen molar-refractivity contribution in [3.63, 3.8) is 0 Å². The van der Waals surface area contributed by atoms with Crippen LogP contribution in [0.5, 0.6) is 0 Å². The van der Waals surface area contributed by atoms with Crippen molar-refractivity contribution in [2.24, 2.45) is 16.3 Å². The predicted molar refractivity (Wildman–Crippen MR) is 109 cm³/mol. The first-order valence-electron chi connectivity index (χ1n) is 11.0. The van der Waals surface area contributed by atoms with Crippen LogP contribution >= 0.6 is 0 Å². The minimum Gasteiger partial charge on any atom is -0.382 e. The van der Waals surface area contributed by atoms with Crippen molar-refractivity contribution < 1.29 is 4.74 Å². The van der Waals surface area contributed by atoms with Gasteiger partial charge in [0, 0.05) is 52.5 Å². The molecule has 0 aromatic heterocycles. The van der Waals surface area contributed by atoms with Crippen molar-refractivity contribution in [1.29, 1.82) is 0 Å². The zero-order valence-electron chi connectivity index (χ0n) is 17.1. The number of nitrogens with one attached hydrogen (secondary N) is 2. The van der Waals surface area contributed by atoms with Crippen LogP contribution in [0.25, 0.3) is 0 Å². The van der Waals surface area contributed by atoms with Gasteiger partial charge in [0.15, 0.2) is 5.96 Å². The molecule has 0 saturated heterocycles. The Morgan fingerprint density at radius 1 is 1.15 bits per heavy atom. The second-order valence-corrected chi connectivity index (χ2v) is 8.68. The van der Waals surface area contributed by atoms with Gasteiger partial charge in [0.2, 0.25) is 0 Å². The summed E-state index contributed by atoms with van der Waals surface area (Å²) in [4.78, 5) is 7.16. The minimum absolute atomic E-state index is 0.402.